The van der Waals surface area contributed by atoms with Crippen molar-refractivity contribution in [2.24, 2.45) is 0 Å². The third-order valence-electron chi connectivity index (χ3n) is 3.75. The zero-order valence-electron chi connectivity index (χ0n) is 11.2. The molecule has 1 saturated carbocycles. The molecule has 0 heterocycles. The minimum atomic E-state index is -3.72. The Morgan fingerprint density at radius 3 is 2.65 bits per heavy atom. The molecule has 1 aromatic carbocycles. The lowest BCUT2D eigenvalue weighted by Crippen LogP contribution is -2.49. The molecule has 112 valence electrons. The monoisotopic (exact) mass is 319 g/mol. The highest BCUT2D eigenvalue weighted by Crippen LogP contribution is 2.34. The van der Waals surface area contributed by atoms with E-state index in [2.05, 4.69) is 4.72 Å². The van der Waals surface area contributed by atoms with E-state index in [-0.39, 0.29) is 23.1 Å². The number of aliphatic hydroxyl groups is 1. The Labute approximate surface area is 124 Å². The van der Waals surface area contributed by atoms with Gasteiger partial charge in [-0.1, -0.05) is 17.7 Å². The molecule has 1 aliphatic rings. The maximum Gasteiger partial charge on any atom is 0.242 e. The van der Waals surface area contributed by atoms with Gasteiger partial charge in [-0.3, -0.25) is 0 Å². The Morgan fingerprint density at radius 1 is 1.45 bits per heavy atom. The van der Waals surface area contributed by atoms with Crippen molar-refractivity contribution in [1.29, 1.82) is 0 Å². The lowest BCUT2D eigenvalue weighted by Gasteiger charge is -2.40. The van der Waals surface area contributed by atoms with Crippen LogP contribution in [0.25, 0.3) is 0 Å². The highest BCUT2D eigenvalue weighted by molar-refractivity contribution is 7.89. The average molecular weight is 320 g/mol. The number of methoxy groups -OCH3 is 1. The normalized spacial score (nSPS) is 17.8. The number of sulfonamides is 1. The van der Waals surface area contributed by atoms with Gasteiger partial charge in [-0.2, -0.15) is 0 Å². The number of halogens is 1. The van der Waals surface area contributed by atoms with Crippen molar-refractivity contribution in [2.75, 3.05) is 13.7 Å². The van der Waals surface area contributed by atoms with Crippen LogP contribution in [0.1, 0.15) is 24.8 Å². The van der Waals surface area contributed by atoms with Crippen LogP contribution in [0.3, 0.4) is 0 Å². The summed E-state index contributed by atoms with van der Waals surface area (Å²) < 4.78 is 32.5. The lowest BCUT2D eigenvalue weighted by molar-refractivity contribution is -0.0659. The maximum atomic E-state index is 12.3. The first kappa shape index (κ1) is 15.7. The Bertz CT molecular complexity index is 579. The molecule has 7 heteroatoms. The average Bonchev–Trinajstić information content (AvgIpc) is 2.38. The quantitative estimate of drug-likeness (QED) is 0.836. The van der Waals surface area contributed by atoms with Gasteiger partial charge in [-0.15, -0.1) is 0 Å². The summed E-state index contributed by atoms with van der Waals surface area (Å²) in [5.74, 6) is 0. The molecule has 0 amide bonds. The second kappa shape index (κ2) is 5.99. The summed E-state index contributed by atoms with van der Waals surface area (Å²) in [6.07, 6.45) is 2.73. The SMILES string of the molecule is COC1(CNS(=O)(=O)c2cc(CO)ccc2Cl)CCC1. The van der Waals surface area contributed by atoms with Crippen LogP contribution in [0, 0.1) is 0 Å². The summed E-state index contributed by atoms with van der Waals surface area (Å²) in [6, 6.07) is 4.44. The van der Waals surface area contributed by atoms with E-state index >= 15 is 0 Å². The first-order valence-electron chi connectivity index (χ1n) is 6.36. The second-order valence-corrected chi connectivity index (χ2v) is 7.13. The molecule has 0 saturated heterocycles. The van der Waals surface area contributed by atoms with E-state index in [9.17, 15) is 8.42 Å². The molecule has 0 aliphatic heterocycles. The minimum Gasteiger partial charge on any atom is -0.392 e. The van der Waals surface area contributed by atoms with Crippen molar-refractivity contribution >= 4 is 21.6 Å². The molecule has 0 spiro atoms. The number of nitrogens with one attached hydrogen (secondary N) is 1. The largest absolute Gasteiger partial charge is 0.392 e. The van der Waals surface area contributed by atoms with Crippen molar-refractivity contribution in [3.63, 3.8) is 0 Å². The summed E-state index contributed by atoms with van der Waals surface area (Å²) in [5.41, 5.74) is 0.105. The van der Waals surface area contributed by atoms with Crippen molar-refractivity contribution in [2.45, 2.75) is 36.4 Å². The molecule has 0 unspecified atom stereocenters. The van der Waals surface area contributed by atoms with Crippen molar-refractivity contribution in [3.8, 4) is 0 Å². The second-order valence-electron chi connectivity index (χ2n) is 4.99. The summed E-state index contributed by atoms with van der Waals surface area (Å²) >= 11 is 5.94. The van der Waals surface area contributed by atoms with Crippen molar-refractivity contribution in [1.82, 2.24) is 4.72 Å². The van der Waals surface area contributed by atoms with E-state index in [4.69, 9.17) is 21.4 Å². The molecule has 0 aromatic heterocycles. The summed E-state index contributed by atoms with van der Waals surface area (Å²) in [4.78, 5) is -0.0173. The number of hydrogen-bond acceptors (Lipinski definition) is 4. The molecule has 1 aromatic rings. The Balaban J connectivity index is 2.18. The van der Waals surface area contributed by atoms with Crippen molar-refractivity contribution in [3.05, 3.63) is 28.8 Å². The zero-order chi connectivity index (χ0) is 14.8. The van der Waals surface area contributed by atoms with E-state index in [0.29, 0.717) is 5.56 Å². The smallest absolute Gasteiger partial charge is 0.242 e. The van der Waals surface area contributed by atoms with E-state index in [1.807, 2.05) is 0 Å². The van der Waals surface area contributed by atoms with Crippen LogP contribution in [0.4, 0.5) is 0 Å². The van der Waals surface area contributed by atoms with Crippen LogP contribution in [0.15, 0.2) is 23.1 Å². The van der Waals surface area contributed by atoms with Gasteiger partial charge in [-0.05, 0) is 37.0 Å². The Hall–Kier alpha value is -0.660. The lowest BCUT2D eigenvalue weighted by atomic mass is 9.80. The van der Waals surface area contributed by atoms with Gasteiger partial charge in [0.25, 0.3) is 0 Å². The fraction of sp³-hybridized carbons (Fsp3) is 0.538. The first-order chi connectivity index (χ1) is 9.42. The number of rotatable bonds is 6. The summed E-state index contributed by atoms with van der Waals surface area (Å²) in [6.45, 7) is -0.00673. The third-order valence-corrected chi connectivity index (χ3v) is 5.63. The van der Waals surface area contributed by atoms with Gasteiger partial charge >= 0.3 is 0 Å². The van der Waals surface area contributed by atoms with Crippen LogP contribution < -0.4 is 4.72 Å². The van der Waals surface area contributed by atoms with Gasteiger partial charge in [0.05, 0.1) is 17.2 Å². The zero-order valence-corrected chi connectivity index (χ0v) is 12.8. The van der Waals surface area contributed by atoms with E-state index < -0.39 is 15.6 Å². The number of hydrogen-bond donors (Lipinski definition) is 2. The van der Waals surface area contributed by atoms with Gasteiger partial charge in [0.1, 0.15) is 4.90 Å². The predicted octanol–water partition coefficient (Wildman–Crippen LogP) is 1.68. The van der Waals surface area contributed by atoms with Gasteiger partial charge in [0.15, 0.2) is 0 Å². The van der Waals surface area contributed by atoms with Gasteiger partial charge < -0.3 is 9.84 Å². The van der Waals surface area contributed by atoms with E-state index in [1.165, 1.54) is 12.1 Å². The molecule has 2 rings (SSSR count). The topological polar surface area (TPSA) is 75.6 Å². The third kappa shape index (κ3) is 3.15. The fourth-order valence-electron chi connectivity index (χ4n) is 2.18. The number of benzene rings is 1. The molecule has 1 fully saturated rings. The van der Waals surface area contributed by atoms with Crippen LogP contribution in [-0.2, 0) is 21.4 Å². The number of aliphatic hydroxyl groups excluding tert-OH is 1. The summed E-state index contributed by atoms with van der Waals surface area (Å²) in [5, 5.41) is 9.22. The van der Waals surface area contributed by atoms with E-state index in [1.54, 1.807) is 13.2 Å². The Morgan fingerprint density at radius 2 is 2.15 bits per heavy atom. The van der Waals surface area contributed by atoms with Crippen LogP contribution >= 0.6 is 11.6 Å². The highest BCUT2D eigenvalue weighted by atomic mass is 35.5. The molecule has 1 aliphatic carbocycles. The Kier molecular flexibility index (Phi) is 4.71. The van der Waals surface area contributed by atoms with Gasteiger partial charge in [-0.25, -0.2) is 13.1 Å². The van der Waals surface area contributed by atoms with Gasteiger partial charge in [0, 0.05) is 13.7 Å². The van der Waals surface area contributed by atoms with Crippen LogP contribution in [0.5, 0.6) is 0 Å². The molecular weight excluding hydrogens is 302 g/mol. The van der Waals surface area contributed by atoms with E-state index in [0.717, 1.165) is 19.3 Å². The van der Waals surface area contributed by atoms with Crippen LogP contribution in [0.2, 0.25) is 5.02 Å². The predicted molar refractivity (Wildman–Crippen MR) is 76.2 cm³/mol. The molecule has 0 radical (unpaired) electrons. The molecule has 5 nitrogen and oxygen atoms in total. The van der Waals surface area contributed by atoms with Crippen LogP contribution in [-0.4, -0.2) is 32.8 Å². The highest BCUT2D eigenvalue weighted by Gasteiger charge is 2.38. The summed E-state index contributed by atoms with van der Waals surface area (Å²) in [7, 11) is -2.13. The first-order valence-corrected chi connectivity index (χ1v) is 8.23. The number of ether oxygens (including phenoxy) is 1. The molecule has 20 heavy (non-hydrogen) atoms. The van der Waals surface area contributed by atoms with Crippen molar-refractivity contribution < 1.29 is 18.3 Å². The molecule has 2 N–H and O–H groups in total. The molecular formula is C13H18ClNO4S. The maximum absolute atomic E-state index is 12.3. The van der Waals surface area contributed by atoms with Gasteiger partial charge in [0.2, 0.25) is 10.0 Å². The molecule has 0 bridgehead atoms. The molecule has 0 atom stereocenters. The standard InChI is InChI=1S/C13H18ClNO4S/c1-19-13(5-2-6-13)9-15-20(17,18)12-7-10(8-16)3-4-11(12)14/h3-4,7,15-16H,2,5-6,8-9H2,1H3. The fourth-order valence-corrected chi connectivity index (χ4v) is 3.84. The minimum absolute atomic E-state index is 0.0173.